The Morgan fingerprint density at radius 1 is 0.974 bits per heavy atom. The van der Waals surface area contributed by atoms with Crippen LogP contribution < -0.4 is 9.64 Å². The number of hydrogen-bond donors (Lipinski definition) is 0. The zero-order valence-corrected chi connectivity index (χ0v) is 20.8. The molecule has 0 radical (unpaired) electrons. The molecule has 0 bridgehead atoms. The molecule has 0 N–H and O–H groups in total. The van der Waals surface area contributed by atoms with Gasteiger partial charge in [-0.05, 0) is 17.7 Å². The summed E-state index contributed by atoms with van der Waals surface area (Å²) in [5.41, 5.74) is 0.664. The molecule has 2 saturated heterocycles. The van der Waals surface area contributed by atoms with E-state index in [1.54, 1.807) is 12.4 Å². The third-order valence-corrected chi connectivity index (χ3v) is 7.70. The molecule has 2 aromatic heterocycles. The molecule has 198 valence electrons. The number of nitrogens with zero attached hydrogens (tertiary/aromatic N) is 6. The van der Waals surface area contributed by atoms with E-state index >= 15 is 0 Å². The normalized spacial score (nSPS) is 25.3. The minimum Gasteiger partial charge on any atom is -0.487 e. The van der Waals surface area contributed by atoms with Crippen molar-refractivity contribution in [2.24, 2.45) is 0 Å². The molecule has 8 nitrogen and oxygen atoms in total. The summed E-state index contributed by atoms with van der Waals surface area (Å²) in [7, 11) is 1.93. The molecule has 2 fully saturated rings. The Kier molecular flexibility index (Phi) is 6.17. The smallest absolute Gasteiger partial charge is 0.437 e. The molecule has 2 unspecified atom stereocenters. The number of ether oxygens (including phenoxy) is 1. The fourth-order valence-corrected chi connectivity index (χ4v) is 6.01. The van der Waals surface area contributed by atoms with Crippen LogP contribution in [0.1, 0.15) is 35.3 Å². The SMILES string of the molecule is CN1c2nccnc2C(C(=O)N2CCN3C[C@H](Oc4cccnc4C(F)(F)F)C[C@H]3C2)C1c1ccccc1. The van der Waals surface area contributed by atoms with Crippen molar-refractivity contribution in [1.82, 2.24) is 24.8 Å². The van der Waals surface area contributed by atoms with Crippen LogP contribution in [0.3, 0.4) is 0 Å². The fraction of sp³-hybridized carbons (Fsp3) is 0.407. The molecule has 1 aromatic carbocycles. The van der Waals surface area contributed by atoms with Crippen molar-refractivity contribution in [3.8, 4) is 5.75 Å². The van der Waals surface area contributed by atoms with Gasteiger partial charge in [-0.25, -0.2) is 9.97 Å². The lowest BCUT2D eigenvalue weighted by Crippen LogP contribution is -2.53. The van der Waals surface area contributed by atoms with Gasteiger partial charge in [-0.2, -0.15) is 13.2 Å². The molecule has 5 heterocycles. The molecule has 3 aliphatic rings. The number of likely N-dealkylation sites (N-methyl/N-ethyl adjacent to an activating group) is 1. The zero-order chi connectivity index (χ0) is 26.4. The summed E-state index contributed by atoms with van der Waals surface area (Å²) in [6, 6.07) is 12.4. The monoisotopic (exact) mass is 524 g/mol. The van der Waals surface area contributed by atoms with Crippen LogP contribution in [0.2, 0.25) is 0 Å². The van der Waals surface area contributed by atoms with Gasteiger partial charge in [0.2, 0.25) is 5.91 Å². The Bertz CT molecular complexity index is 1320. The maximum Gasteiger partial charge on any atom is 0.437 e. The maximum absolute atomic E-state index is 14.1. The number of aromatic nitrogens is 3. The number of anilines is 1. The molecule has 0 spiro atoms. The number of alkyl halides is 3. The Balaban J connectivity index is 1.20. The standard InChI is InChI=1S/C27H27F3N6O2/c1-34-23(17-6-3-2-4-7-17)21(22-25(34)33-11-10-31-22)26(37)36-13-12-35-16-19(14-18(35)15-36)38-20-8-5-9-32-24(20)27(28,29)30/h2-11,18-19,21,23H,12-16H2,1H3/t18-,19+,21?,23?/m0/s1. The summed E-state index contributed by atoms with van der Waals surface area (Å²) >= 11 is 0. The van der Waals surface area contributed by atoms with Gasteiger partial charge in [0.05, 0.1) is 11.7 Å². The van der Waals surface area contributed by atoms with Gasteiger partial charge in [0.1, 0.15) is 12.0 Å². The van der Waals surface area contributed by atoms with Gasteiger partial charge in [-0.3, -0.25) is 14.7 Å². The van der Waals surface area contributed by atoms with Crippen molar-refractivity contribution in [2.75, 3.05) is 38.1 Å². The number of halogens is 3. The van der Waals surface area contributed by atoms with E-state index in [4.69, 9.17) is 4.74 Å². The van der Waals surface area contributed by atoms with Crippen molar-refractivity contribution >= 4 is 11.7 Å². The lowest BCUT2D eigenvalue weighted by Gasteiger charge is -2.39. The number of pyridine rings is 1. The van der Waals surface area contributed by atoms with Gasteiger partial charge in [0.15, 0.2) is 17.3 Å². The van der Waals surface area contributed by atoms with E-state index in [-0.39, 0.29) is 23.7 Å². The summed E-state index contributed by atoms with van der Waals surface area (Å²) in [6.07, 6.45) is -0.114. The van der Waals surface area contributed by atoms with E-state index in [0.29, 0.717) is 44.1 Å². The Hall–Kier alpha value is -3.73. The summed E-state index contributed by atoms with van der Waals surface area (Å²) in [5, 5.41) is 0. The van der Waals surface area contributed by atoms with E-state index in [0.717, 1.165) is 11.8 Å². The summed E-state index contributed by atoms with van der Waals surface area (Å²) in [5.74, 6) is -0.0753. The molecule has 4 atom stereocenters. The first-order chi connectivity index (χ1) is 18.3. The molecule has 3 aliphatic heterocycles. The molecule has 38 heavy (non-hydrogen) atoms. The third-order valence-electron chi connectivity index (χ3n) is 7.70. The highest BCUT2D eigenvalue weighted by atomic mass is 19.4. The second kappa shape index (κ2) is 9.54. The molecule has 1 amide bonds. The first-order valence-electron chi connectivity index (χ1n) is 12.6. The van der Waals surface area contributed by atoms with Crippen LogP contribution in [0.4, 0.5) is 19.0 Å². The highest BCUT2D eigenvalue weighted by Crippen LogP contribution is 2.47. The van der Waals surface area contributed by atoms with Crippen LogP contribution in [-0.2, 0) is 11.0 Å². The first kappa shape index (κ1) is 24.6. The number of carbonyl (C=O) groups is 1. The molecule has 0 saturated carbocycles. The number of carbonyl (C=O) groups excluding carboxylic acids is 1. The second-order valence-electron chi connectivity index (χ2n) is 9.97. The van der Waals surface area contributed by atoms with Crippen LogP contribution in [0.5, 0.6) is 5.75 Å². The van der Waals surface area contributed by atoms with Crippen LogP contribution in [0, 0.1) is 0 Å². The van der Waals surface area contributed by atoms with Crippen molar-refractivity contribution in [2.45, 2.75) is 36.7 Å². The van der Waals surface area contributed by atoms with Gasteiger partial charge in [0, 0.05) is 64.3 Å². The van der Waals surface area contributed by atoms with Gasteiger partial charge in [0.25, 0.3) is 0 Å². The molecule has 3 aromatic rings. The van der Waals surface area contributed by atoms with Crippen LogP contribution in [-0.4, -0.2) is 76.0 Å². The fourth-order valence-electron chi connectivity index (χ4n) is 6.01. The lowest BCUT2D eigenvalue weighted by atomic mass is 9.91. The van der Waals surface area contributed by atoms with Crippen molar-refractivity contribution in [3.63, 3.8) is 0 Å². The summed E-state index contributed by atoms with van der Waals surface area (Å²) in [4.78, 5) is 32.7. The number of amides is 1. The van der Waals surface area contributed by atoms with Crippen LogP contribution >= 0.6 is 0 Å². The summed E-state index contributed by atoms with van der Waals surface area (Å²) < 4.78 is 46.0. The predicted molar refractivity (Wildman–Crippen MR) is 133 cm³/mol. The van der Waals surface area contributed by atoms with Crippen molar-refractivity contribution in [3.05, 3.63) is 78.0 Å². The maximum atomic E-state index is 14.1. The first-order valence-corrected chi connectivity index (χ1v) is 12.6. The zero-order valence-electron chi connectivity index (χ0n) is 20.8. The van der Waals surface area contributed by atoms with Crippen LogP contribution in [0.15, 0.2) is 61.1 Å². The average Bonchev–Trinajstić information content (AvgIpc) is 3.46. The van der Waals surface area contributed by atoms with Gasteiger partial charge >= 0.3 is 6.18 Å². The predicted octanol–water partition coefficient (Wildman–Crippen LogP) is 3.53. The quantitative estimate of drug-likeness (QED) is 0.517. The van der Waals surface area contributed by atoms with E-state index in [2.05, 4.69) is 19.9 Å². The average molecular weight is 525 g/mol. The number of benzene rings is 1. The second-order valence-corrected chi connectivity index (χ2v) is 9.97. The number of rotatable bonds is 4. The van der Waals surface area contributed by atoms with Gasteiger partial charge in [-0.1, -0.05) is 30.3 Å². The van der Waals surface area contributed by atoms with E-state index in [9.17, 15) is 18.0 Å². The van der Waals surface area contributed by atoms with Crippen molar-refractivity contribution in [1.29, 1.82) is 0 Å². The molecule has 0 aliphatic carbocycles. The van der Waals surface area contributed by atoms with E-state index in [1.807, 2.05) is 47.2 Å². The van der Waals surface area contributed by atoms with Crippen molar-refractivity contribution < 1.29 is 22.7 Å². The van der Waals surface area contributed by atoms with Gasteiger partial charge in [-0.15, -0.1) is 0 Å². The number of hydrogen-bond acceptors (Lipinski definition) is 7. The molecular formula is C27H27F3N6O2. The Morgan fingerprint density at radius 2 is 1.76 bits per heavy atom. The number of piperazine rings is 1. The number of fused-ring (bicyclic) bond motifs is 2. The minimum absolute atomic E-state index is 0.000607. The Morgan fingerprint density at radius 3 is 2.55 bits per heavy atom. The third kappa shape index (κ3) is 4.34. The van der Waals surface area contributed by atoms with E-state index in [1.165, 1.54) is 12.1 Å². The minimum atomic E-state index is -4.59. The molecule has 11 heteroatoms. The molecule has 6 rings (SSSR count). The largest absolute Gasteiger partial charge is 0.487 e. The van der Waals surface area contributed by atoms with E-state index < -0.39 is 23.9 Å². The summed E-state index contributed by atoms with van der Waals surface area (Å²) in [6.45, 7) is 2.14. The topological polar surface area (TPSA) is 74.7 Å². The Labute approximate surface area is 218 Å². The van der Waals surface area contributed by atoms with Gasteiger partial charge < -0.3 is 14.5 Å². The highest BCUT2D eigenvalue weighted by Gasteiger charge is 2.48. The highest BCUT2D eigenvalue weighted by molar-refractivity contribution is 5.88. The van der Waals surface area contributed by atoms with Crippen LogP contribution in [0.25, 0.3) is 0 Å². The molecular weight excluding hydrogens is 497 g/mol. The lowest BCUT2D eigenvalue weighted by molar-refractivity contribution is -0.143.